The number of anilines is 1. The Hall–Kier alpha value is -3.52. The highest BCUT2D eigenvalue weighted by Gasteiger charge is 2.34. The summed E-state index contributed by atoms with van der Waals surface area (Å²) in [6, 6.07) is 13.7. The van der Waals surface area contributed by atoms with Crippen LogP contribution in [0, 0.1) is 6.92 Å². The van der Waals surface area contributed by atoms with Crippen molar-refractivity contribution in [1.29, 1.82) is 0 Å². The third-order valence-corrected chi connectivity index (χ3v) is 7.04. The van der Waals surface area contributed by atoms with Crippen molar-refractivity contribution in [2.75, 3.05) is 11.4 Å². The van der Waals surface area contributed by atoms with Crippen LogP contribution in [0.15, 0.2) is 66.3 Å². The van der Waals surface area contributed by atoms with Crippen molar-refractivity contribution in [3.05, 3.63) is 82.3 Å². The maximum Gasteiger partial charge on any atom is 0.261 e. The molecule has 1 aromatic carbocycles. The normalized spacial score (nSPS) is 14.7. The van der Waals surface area contributed by atoms with Gasteiger partial charge in [0.05, 0.1) is 11.4 Å². The van der Waals surface area contributed by atoms with Crippen LogP contribution in [0.25, 0.3) is 0 Å². The lowest BCUT2D eigenvalue weighted by molar-refractivity contribution is -0.127. The van der Waals surface area contributed by atoms with Gasteiger partial charge in [-0.05, 0) is 66.6 Å². The second kappa shape index (κ2) is 11.8. The maximum absolute atomic E-state index is 13.7. The van der Waals surface area contributed by atoms with E-state index in [1.165, 1.54) is 22.7 Å². The minimum absolute atomic E-state index is 0.0913. The van der Waals surface area contributed by atoms with E-state index >= 15 is 0 Å². The molecule has 3 aromatic rings. The van der Waals surface area contributed by atoms with Gasteiger partial charge < -0.3 is 10.6 Å². The molecule has 0 bridgehead atoms. The molecular formula is C27H30N4O3S. The molecule has 182 valence electrons. The number of amides is 3. The van der Waals surface area contributed by atoms with Crippen molar-refractivity contribution >= 4 is 34.7 Å². The number of aromatic nitrogens is 1. The van der Waals surface area contributed by atoms with Gasteiger partial charge in [-0.15, -0.1) is 11.3 Å². The zero-order chi connectivity index (χ0) is 24.6. The smallest absolute Gasteiger partial charge is 0.261 e. The molecule has 0 spiro atoms. The third kappa shape index (κ3) is 6.33. The van der Waals surface area contributed by atoms with Gasteiger partial charge >= 0.3 is 0 Å². The van der Waals surface area contributed by atoms with Crippen molar-refractivity contribution in [2.24, 2.45) is 0 Å². The van der Waals surface area contributed by atoms with Gasteiger partial charge in [-0.2, -0.15) is 0 Å². The molecule has 1 aliphatic rings. The predicted molar refractivity (Wildman–Crippen MR) is 137 cm³/mol. The van der Waals surface area contributed by atoms with Crippen LogP contribution in [0.5, 0.6) is 0 Å². The number of carbonyl (C=O) groups excluding carboxylic acids is 3. The number of nitrogens with zero attached hydrogens (tertiary/aromatic N) is 2. The zero-order valence-electron chi connectivity index (χ0n) is 19.8. The maximum atomic E-state index is 13.7. The number of hydrogen-bond donors (Lipinski definition) is 2. The van der Waals surface area contributed by atoms with Crippen LogP contribution >= 0.6 is 11.3 Å². The molecule has 1 atom stereocenters. The molecule has 0 radical (unpaired) electrons. The van der Waals surface area contributed by atoms with Crippen LogP contribution in [0.3, 0.4) is 0 Å². The summed E-state index contributed by atoms with van der Waals surface area (Å²) < 4.78 is 0. The highest BCUT2D eigenvalue weighted by atomic mass is 32.1. The minimum atomic E-state index is -0.895. The van der Waals surface area contributed by atoms with E-state index in [0.29, 0.717) is 16.1 Å². The highest BCUT2D eigenvalue weighted by Crippen LogP contribution is 2.29. The summed E-state index contributed by atoms with van der Waals surface area (Å²) in [5.41, 5.74) is 2.22. The first-order valence-corrected chi connectivity index (χ1v) is 12.8. The second-order valence-corrected chi connectivity index (χ2v) is 9.74. The molecule has 0 aliphatic heterocycles. The lowest BCUT2D eigenvalue weighted by Gasteiger charge is -2.33. The molecule has 0 saturated heterocycles. The first-order chi connectivity index (χ1) is 17.0. The Morgan fingerprint density at radius 3 is 2.51 bits per heavy atom. The summed E-state index contributed by atoms with van der Waals surface area (Å²) in [6.07, 6.45) is 8.45. The summed E-state index contributed by atoms with van der Waals surface area (Å²) in [6.45, 7) is 1.71. The Balaban J connectivity index is 1.66. The Morgan fingerprint density at radius 1 is 1.06 bits per heavy atom. The van der Waals surface area contributed by atoms with E-state index in [0.717, 1.165) is 31.2 Å². The second-order valence-electron chi connectivity index (χ2n) is 8.79. The van der Waals surface area contributed by atoms with Gasteiger partial charge in [0.2, 0.25) is 11.8 Å². The Kier molecular flexibility index (Phi) is 8.26. The first kappa shape index (κ1) is 24.6. The van der Waals surface area contributed by atoms with Gasteiger partial charge in [-0.25, -0.2) is 0 Å². The van der Waals surface area contributed by atoms with Crippen molar-refractivity contribution < 1.29 is 14.4 Å². The molecule has 2 N–H and O–H groups in total. The Labute approximate surface area is 209 Å². The molecule has 2 aromatic heterocycles. The average Bonchev–Trinajstić information content (AvgIpc) is 3.42. The number of carbonyl (C=O) groups is 3. The first-order valence-electron chi connectivity index (χ1n) is 11.9. The largest absolute Gasteiger partial charge is 0.351 e. The van der Waals surface area contributed by atoms with E-state index in [1.807, 2.05) is 36.6 Å². The van der Waals surface area contributed by atoms with Gasteiger partial charge in [0.1, 0.15) is 6.04 Å². The highest BCUT2D eigenvalue weighted by molar-refractivity contribution is 7.12. The number of nitrogens with one attached hydrogen (secondary N) is 2. The number of hydrogen-bond acceptors (Lipinski definition) is 5. The van der Waals surface area contributed by atoms with Gasteiger partial charge in [0.15, 0.2) is 0 Å². The molecule has 35 heavy (non-hydrogen) atoms. The van der Waals surface area contributed by atoms with Crippen LogP contribution in [0.1, 0.15) is 58.9 Å². The summed E-state index contributed by atoms with van der Waals surface area (Å²) in [4.78, 5) is 46.0. The quantitative estimate of drug-likeness (QED) is 0.490. The molecular weight excluding hydrogens is 460 g/mol. The monoisotopic (exact) mass is 490 g/mol. The molecule has 2 heterocycles. The van der Waals surface area contributed by atoms with E-state index in [2.05, 4.69) is 15.6 Å². The zero-order valence-corrected chi connectivity index (χ0v) is 20.6. The van der Waals surface area contributed by atoms with Crippen LogP contribution in [-0.2, 0) is 9.59 Å². The fourth-order valence-corrected chi connectivity index (χ4v) is 5.08. The lowest BCUT2D eigenvalue weighted by atomic mass is 9.94. The molecule has 3 amide bonds. The van der Waals surface area contributed by atoms with E-state index in [1.54, 1.807) is 36.7 Å². The Morgan fingerprint density at radius 2 is 1.83 bits per heavy atom. The van der Waals surface area contributed by atoms with Crippen LogP contribution in [0.2, 0.25) is 0 Å². The molecule has 1 aliphatic carbocycles. The molecule has 4 rings (SSSR count). The van der Waals surface area contributed by atoms with Crippen LogP contribution < -0.4 is 15.5 Å². The summed E-state index contributed by atoms with van der Waals surface area (Å²) in [5, 5.41) is 7.71. The number of benzene rings is 1. The van der Waals surface area contributed by atoms with Gasteiger partial charge in [0.25, 0.3) is 5.91 Å². The van der Waals surface area contributed by atoms with Gasteiger partial charge in [-0.3, -0.25) is 24.3 Å². The predicted octanol–water partition coefficient (Wildman–Crippen LogP) is 4.40. The van der Waals surface area contributed by atoms with Crippen molar-refractivity contribution in [1.82, 2.24) is 15.6 Å². The standard InChI is InChI=1S/C27H30N4O3S/c1-19-7-5-10-22(17-19)31(24(32)18-29-26(33)23-11-6-16-35-23)25(20-12-14-28-15-13-20)27(34)30-21-8-3-2-4-9-21/h5-7,10-17,21,25H,2-4,8-9,18H2,1H3,(H,29,33)(H,30,34). The van der Waals surface area contributed by atoms with E-state index < -0.39 is 6.04 Å². The van der Waals surface area contributed by atoms with Crippen LogP contribution in [-0.4, -0.2) is 35.3 Å². The molecule has 8 heteroatoms. The van der Waals surface area contributed by atoms with E-state index in [-0.39, 0.29) is 30.3 Å². The number of aryl methyl sites for hydroxylation is 1. The number of thiophene rings is 1. The van der Waals surface area contributed by atoms with E-state index in [9.17, 15) is 14.4 Å². The fourth-order valence-electron chi connectivity index (χ4n) is 4.44. The minimum Gasteiger partial charge on any atom is -0.351 e. The summed E-state index contributed by atoms with van der Waals surface area (Å²) in [5.74, 6) is -0.923. The third-order valence-electron chi connectivity index (χ3n) is 6.17. The van der Waals surface area contributed by atoms with Gasteiger partial charge in [-0.1, -0.05) is 37.5 Å². The van der Waals surface area contributed by atoms with Crippen molar-refractivity contribution in [3.8, 4) is 0 Å². The SMILES string of the molecule is Cc1cccc(N(C(=O)CNC(=O)c2cccs2)C(C(=O)NC2CCCCC2)c2ccncc2)c1. The van der Waals surface area contributed by atoms with Gasteiger partial charge in [0, 0.05) is 24.1 Å². The molecule has 7 nitrogen and oxygen atoms in total. The molecule has 1 unspecified atom stereocenters. The number of rotatable bonds is 8. The van der Waals surface area contributed by atoms with Crippen molar-refractivity contribution in [2.45, 2.75) is 51.1 Å². The fraction of sp³-hybridized carbons (Fsp3) is 0.333. The topological polar surface area (TPSA) is 91.4 Å². The molecule has 1 saturated carbocycles. The van der Waals surface area contributed by atoms with Crippen LogP contribution in [0.4, 0.5) is 5.69 Å². The van der Waals surface area contributed by atoms with Crippen molar-refractivity contribution in [3.63, 3.8) is 0 Å². The molecule has 1 fully saturated rings. The summed E-state index contributed by atoms with van der Waals surface area (Å²) >= 11 is 1.31. The summed E-state index contributed by atoms with van der Waals surface area (Å²) in [7, 11) is 0. The number of pyridine rings is 1. The van der Waals surface area contributed by atoms with E-state index in [4.69, 9.17) is 0 Å². The average molecular weight is 491 g/mol. The Bertz CT molecular complexity index is 1140. The lowest BCUT2D eigenvalue weighted by Crippen LogP contribution is -2.49.